The number of methoxy groups -OCH3 is 2. The molecule has 0 radical (unpaired) electrons. The number of hydrogen-bond acceptors (Lipinski definition) is 4. The standard InChI is InChI=1S/C22H29N3O3.HI/c1-26-15-17-8-3-6-12-19(17)25-22(23)24-14-16-9-7-13-20(27-2)21(16)28-18-10-4-5-11-18;/h3,6-9,12-13,18H,4-5,10-11,14-15H2,1-2H3,(H3,23,24,25);1H. The summed E-state index contributed by atoms with van der Waals surface area (Å²) in [5.74, 6) is 1.85. The molecule has 0 unspecified atom stereocenters. The van der Waals surface area contributed by atoms with Crippen molar-refractivity contribution in [1.29, 1.82) is 0 Å². The predicted octanol–water partition coefficient (Wildman–Crippen LogP) is 4.71. The minimum absolute atomic E-state index is 0. The molecule has 1 aliphatic rings. The van der Waals surface area contributed by atoms with E-state index in [1.165, 1.54) is 12.8 Å². The minimum Gasteiger partial charge on any atom is -0.493 e. The van der Waals surface area contributed by atoms with Crippen LogP contribution in [0.2, 0.25) is 0 Å². The number of nitrogens with one attached hydrogen (secondary N) is 1. The van der Waals surface area contributed by atoms with Crippen LogP contribution in [0.25, 0.3) is 0 Å². The molecule has 1 aliphatic carbocycles. The summed E-state index contributed by atoms with van der Waals surface area (Å²) in [6.07, 6.45) is 4.84. The third-order valence-electron chi connectivity index (χ3n) is 4.87. The fourth-order valence-corrected chi connectivity index (χ4v) is 3.42. The first-order valence-corrected chi connectivity index (χ1v) is 9.67. The van der Waals surface area contributed by atoms with Crippen molar-refractivity contribution in [2.24, 2.45) is 10.7 Å². The molecule has 0 spiro atoms. The molecule has 6 nitrogen and oxygen atoms in total. The number of hydrogen-bond donors (Lipinski definition) is 2. The lowest BCUT2D eigenvalue weighted by molar-refractivity contribution is 0.185. The van der Waals surface area contributed by atoms with E-state index in [1.54, 1.807) is 14.2 Å². The van der Waals surface area contributed by atoms with Gasteiger partial charge in [-0.3, -0.25) is 0 Å². The van der Waals surface area contributed by atoms with Crippen molar-refractivity contribution in [3.8, 4) is 11.5 Å². The van der Waals surface area contributed by atoms with Gasteiger partial charge in [0.2, 0.25) is 0 Å². The van der Waals surface area contributed by atoms with Crippen LogP contribution in [0.1, 0.15) is 36.8 Å². The summed E-state index contributed by atoms with van der Waals surface area (Å²) in [4.78, 5) is 4.51. The van der Waals surface area contributed by atoms with Crippen molar-refractivity contribution < 1.29 is 14.2 Å². The normalized spacial score (nSPS) is 14.3. The lowest BCUT2D eigenvalue weighted by Gasteiger charge is -2.18. The summed E-state index contributed by atoms with van der Waals surface area (Å²) >= 11 is 0. The van der Waals surface area contributed by atoms with E-state index in [1.807, 2.05) is 42.5 Å². The molecule has 7 heteroatoms. The zero-order valence-corrected chi connectivity index (χ0v) is 19.3. The Morgan fingerprint density at radius 3 is 2.52 bits per heavy atom. The van der Waals surface area contributed by atoms with Crippen LogP contribution >= 0.6 is 24.0 Å². The Balaban J connectivity index is 0.00000300. The number of rotatable bonds is 8. The summed E-state index contributed by atoms with van der Waals surface area (Å²) in [5, 5.41) is 3.16. The lowest BCUT2D eigenvalue weighted by Crippen LogP contribution is -2.23. The molecule has 0 heterocycles. The van der Waals surface area contributed by atoms with Gasteiger partial charge >= 0.3 is 0 Å². The molecular formula is C22H30IN3O3. The van der Waals surface area contributed by atoms with E-state index in [4.69, 9.17) is 19.9 Å². The maximum Gasteiger partial charge on any atom is 0.193 e. The van der Waals surface area contributed by atoms with Gasteiger partial charge in [0.25, 0.3) is 0 Å². The maximum absolute atomic E-state index is 6.26. The van der Waals surface area contributed by atoms with Crippen molar-refractivity contribution in [3.05, 3.63) is 53.6 Å². The Morgan fingerprint density at radius 1 is 1.07 bits per heavy atom. The molecule has 3 rings (SSSR count). The highest BCUT2D eigenvalue weighted by molar-refractivity contribution is 14.0. The van der Waals surface area contributed by atoms with E-state index in [2.05, 4.69) is 10.3 Å². The van der Waals surface area contributed by atoms with Gasteiger partial charge in [0.15, 0.2) is 17.5 Å². The number of halogens is 1. The first-order chi connectivity index (χ1) is 13.7. The van der Waals surface area contributed by atoms with Gasteiger partial charge in [-0.1, -0.05) is 30.3 Å². The highest BCUT2D eigenvalue weighted by Crippen LogP contribution is 2.35. The van der Waals surface area contributed by atoms with Crippen LogP contribution in [-0.2, 0) is 17.9 Å². The molecule has 158 valence electrons. The largest absolute Gasteiger partial charge is 0.493 e. The van der Waals surface area contributed by atoms with Crippen LogP contribution in [0, 0.1) is 0 Å². The number of ether oxygens (including phenoxy) is 3. The van der Waals surface area contributed by atoms with Crippen LogP contribution in [0.3, 0.4) is 0 Å². The molecule has 2 aromatic carbocycles. The molecule has 0 bridgehead atoms. The summed E-state index contributed by atoms with van der Waals surface area (Å²) in [6, 6.07) is 13.7. The van der Waals surface area contributed by atoms with Gasteiger partial charge in [0.05, 0.1) is 26.4 Å². The highest BCUT2D eigenvalue weighted by Gasteiger charge is 2.20. The summed E-state index contributed by atoms with van der Waals surface area (Å²) < 4.78 is 17.0. The van der Waals surface area contributed by atoms with Gasteiger partial charge in [-0.05, 0) is 37.8 Å². The molecule has 2 aromatic rings. The monoisotopic (exact) mass is 511 g/mol. The summed E-state index contributed by atoms with van der Waals surface area (Å²) in [6.45, 7) is 0.913. The number of para-hydroxylation sites is 2. The fraction of sp³-hybridized carbons (Fsp3) is 0.409. The van der Waals surface area contributed by atoms with E-state index < -0.39 is 0 Å². The third-order valence-corrected chi connectivity index (χ3v) is 4.87. The second-order valence-corrected chi connectivity index (χ2v) is 6.89. The molecule has 0 amide bonds. The van der Waals surface area contributed by atoms with Gasteiger partial charge in [-0.25, -0.2) is 4.99 Å². The molecule has 0 atom stereocenters. The van der Waals surface area contributed by atoms with E-state index in [-0.39, 0.29) is 30.1 Å². The molecule has 3 N–H and O–H groups in total. The first kappa shape index (κ1) is 23.3. The lowest BCUT2D eigenvalue weighted by atomic mass is 10.1. The average molecular weight is 511 g/mol. The number of guanidine groups is 1. The Bertz CT molecular complexity index is 808. The van der Waals surface area contributed by atoms with E-state index in [0.29, 0.717) is 19.1 Å². The molecule has 0 aromatic heterocycles. The van der Waals surface area contributed by atoms with Crippen LogP contribution in [-0.4, -0.2) is 26.3 Å². The summed E-state index contributed by atoms with van der Waals surface area (Å²) in [7, 11) is 3.33. The number of aliphatic imine (C=N–C) groups is 1. The Hall–Kier alpha value is -2.00. The van der Waals surface area contributed by atoms with Crippen molar-refractivity contribution in [1.82, 2.24) is 0 Å². The molecule has 1 fully saturated rings. The van der Waals surface area contributed by atoms with Gasteiger partial charge in [0.1, 0.15) is 0 Å². The number of nitrogens with zero attached hydrogens (tertiary/aromatic N) is 1. The quantitative estimate of drug-likeness (QED) is 0.305. The van der Waals surface area contributed by atoms with Gasteiger partial charge in [-0.2, -0.15) is 0 Å². The average Bonchev–Trinajstić information content (AvgIpc) is 3.22. The number of anilines is 1. The van der Waals surface area contributed by atoms with Crippen molar-refractivity contribution in [2.75, 3.05) is 19.5 Å². The van der Waals surface area contributed by atoms with Crippen molar-refractivity contribution in [3.63, 3.8) is 0 Å². The first-order valence-electron chi connectivity index (χ1n) is 9.67. The smallest absolute Gasteiger partial charge is 0.193 e. The molecule has 29 heavy (non-hydrogen) atoms. The molecular weight excluding hydrogens is 481 g/mol. The van der Waals surface area contributed by atoms with Gasteiger partial charge in [0, 0.05) is 23.9 Å². The summed E-state index contributed by atoms with van der Waals surface area (Å²) in [5.41, 5.74) is 9.00. The van der Waals surface area contributed by atoms with Crippen LogP contribution in [0.4, 0.5) is 5.69 Å². The SMILES string of the molecule is COCc1ccccc1NC(N)=NCc1cccc(OC)c1OC1CCCC1.I. The Morgan fingerprint density at radius 2 is 1.79 bits per heavy atom. The third kappa shape index (κ3) is 6.50. The molecule has 0 aliphatic heterocycles. The predicted molar refractivity (Wildman–Crippen MR) is 127 cm³/mol. The van der Waals surface area contributed by atoms with E-state index >= 15 is 0 Å². The Labute approximate surface area is 189 Å². The van der Waals surface area contributed by atoms with Gasteiger partial charge < -0.3 is 25.3 Å². The second-order valence-electron chi connectivity index (χ2n) is 6.89. The van der Waals surface area contributed by atoms with E-state index in [9.17, 15) is 0 Å². The van der Waals surface area contributed by atoms with Crippen molar-refractivity contribution in [2.45, 2.75) is 44.9 Å². The van der Waals surface area contributed by atoms with Crippen LogP contribution < -0.4 is 20.5 Å². The zero-order chi connectivity index (χ0) is 19.8. The van der Waals surface area contributed by atoms with Gasteiger partial charge in [-0.15, -0.1) is 24.0 Å². The van der Waals surface area contributed by atoms with Crippen LogP contribution in [0.5, 0.6) is 11.5 Å². The molecule has 1 saturated carbocycles. The number of nitrogens with two attached hydrogens (primary N) is 1. The topological polar surface area (TPSA) is 78.1 Å². The highest BCUT2D eigenvalue weighted by atomic mass is 127. The van der Waals surface area contributed by atoms with E-state index in [0.717, 1.165) is 41.2 Å². The maximum atomic E-state index is 6.26. The second kappa shape index (κ2) is 11.9. The fourth-order valence-electron chi connectivity index (χ4n) is 3.42. The number of benzene rings is 2. The van der Waals surface area contributed by atoms with Crippen molar-refractivity contribution >= 4 is 35.6 Å². The Kier molecular flexibility index (Phi) is 9.53. The molecule has 0 saturated heterocycles. The minimum atomic E-state index is 0. The van der Waals surface area contributed by atoms with Crippen LogP contribution in [0.15, 0.2) is 47.5 Å². The zero-order valence-electron chi connectivity index (χ0n) is 17.0.